The molecule has 5 rings (SSSR count). The molecule has 4 heterocycles. The first-order chi connectivity index (χ1) is 20.1. The van der Waals surface area contributed by atoms with Crippen LogP contribution in [0.2, 0.25) is 0 Å². The van der Waals surface area contributed by atoms with Crippen LogP contribution in [0.3, 0.4) is 0 Å². The fourth-order valence-electron chi connectivity index (χ4n) is 5.77. The maximum Gasteiger partial charge on any atom is 0.416 e. The Labute approximate surface area is 244 Å². The molecule has 3 aromatic rings. The van der Waals surface area contributed by atoms with Crippen molar-refractivity contribution in [2.24, 2.45) is 0 Å². The third kappa shape index (κ3) is 7.01. The van der Waals surface area contributed by atoms with Gasteiger partial charge in [0.2, 0.25) is 5.91 Å². The average Bonchev–Trinajstić information content (AvgIpc) is 2.97. The number of pyridine rings is 2. The van der Waals surface area contributed by atoms with Gasteiger partial charge in [-0.2, -0.15) is 13.2 Å². The molecule has 2 aliphatic rings. The van der Waals surface area contributed by atoms with Gasteiger partial charge in [0.1, 0.15) is 5.82 Å². The topological polar surface area (TPSA) is 76.6 Å². The monoisotopic (exact) mass is 581 g/mol. The maximum atomic E-state index is 14.1. The largest absolute Gasteiger partial charge is 0.416 e. The molecule has 2 aromatic heterocycles. The number of carbonyl (C=O) groups is 1. The van der Waals surface area contributed by atoms with Crippen LogP contribution < -0.4 is 10.6 Å². The van der Waals surface area contributed by atoms with Crippen LogP contribution in [-0.4, -0.2) is 76.9 Å². The highest BCUT2D eigenvalue weighted by molar-refractivity contribution is 5.79. The van der Waals surface area contributed by atoms with E-state index in [0.29, 0.717) is 18.7 Å². The zero-order valence-corrected chi connectivity index (χ0v) is 24.3. The number of fused-ring (bicyclic) bond motifs is 1. The van der Waals surface area contributed by atoms with Crippen molar-refractivity contribution >= 4 is 23.1 Å². The number of hydrogen-bond acceptors (Lipinski definition) is 7. The third-order valence-electron chi connectivity index (χ3n) is 8.12. The predicted molar refractivity (Wildman–Crippen MR) is 158 cm³/mol. The summed E-state index contributed by atoms with van der Waals surface area (Å²) in [5.74, 6) is 0.535. The fourth-order valence-corrected chi connectivity index (χ4v) is 5.77. The van der Waals surface area contributed by atoms with E-state index in [1.807, 2.05) is 25.1 Å². The number of benzene rings is 1. The Bertz CT molecular complexity index is 1410. The number of piperazine rings is 1. The molecule has 1 amide bonds. The van der Waals surface area contributed by atoms with Crippen molar-refractivity contribution in [1.82, 2.24) is 24.7 Å². The molecule has 1 aromatic carbocycles. The molecule has 8 nitrogen and oxygen atoms in total. The number of halogens is 3. The van der Waals surface area contributed by atoms with Crippen LogP contribution in [0.15, 0.2) is 48.8 Å². The normalized spacial score (nSPS) is 18.0. The Kier molecular flexibility index (Phi) is 8.98. The second-order valence-corrected chi connectivity index (χ2v) is 11.1. The molecule has 1 saturated heterocycles. The van der Waals surface area contributed by atoms with Gasteiger partial charge in [-0.3, -0.25) is 14.7 Å². The van der Waals surface area contributed by atoms with Crippen LogP contribution in [0.25, 0.3) is 0 Å². The summed E-state index contributed by atoms with van der Waals surface area (Å²) < 4.78 is 42.3. The predicted octanol–water partition coefficient (Wildman–Crippen LogP) is 5.11. The number of likely N-dealkylation sites (N-methyl/N-ethyl adjacent to an activating group) is 1. The molecule has 0 radical (unpaired) electrons. The van der Waals surface area contributed by atoms with E-state index in [1.54, 1.807) is 36.5 Å². The van der Waals surface area contributed by atoms with E-state index >= 15 is 0 Å². The maximum absolute atomic E-state index is 14.1. The van der Waals surface area contributed by atoms with Crippen LogP contribution in [0.1, 0.15) is 47.7 Å². The molecule has 224 valence electrons. The van der Waals surface area contributed by atoms with E-state index in [-0.39, 0.29) is 30.4 Å². The van der Waals surface area contributed by atoms with Gasteiger partial charge < -0.3 is 20.4 Å². The van der Waals surface area contributed by atoms with E-state index in [2.05, 4.69) is 37.3 Å². The quantitative estimate of drug-likeness (QED) is 0.383. The SMILES string of the molecule is CCN1CCN(Cc2ccc(CC(=O)N3Cc4cc(Nc5ccnc(NC)c5)cnc4C(C)C3)cc2C(F)(F)F)CC1. The Morgan fingerprint density at radius 2 is 1.79 bits per heavy atom. The molecule has 11 heteroatoms. The number of amides is 1. The van der Waals surface area contributed by atoms with Gasteiger partial charge in [0.25, 0.3) is 0 Å². The zero-order chi connectivity index (χ0) is 29.9. The first-order valence-corrected chi connectivity index (χ1v) is 14.4. The molecule has 1 atom stereocenters. The van der Waals surface area contributed by atoms with Crippen molar-refractivity contribution in [2.45, 2.75) is 45.5 Å². The number of alkyl halides is 3. The number of hydrogen-bond donors (Lipinski definition) is 2. The van der Waals surface area contributed by atoms with E-state index in [0.717, 1.165) is 67.2 Å². The molecule has 2 N–H and O–H groups in total. The minimum absolute atomic E-state index is 0.00450. The summed E-state index contributed by atoms with van der Waals surface area (Å²) in [4.78, 5) is 28.3. The highest BCUT2D eigenvalue weighted by Gasteiger charge is 2.35. The number of anilines is 3. The molecule has 0 spiro atoms. The Morgan fingerprint density at radius 1 is 1.02 bits per heavy atom. The van der Waals surface area contributed by atoms with Crippen LogP contribution in [0.5, 0.6) is 0 Å². The highest BCUT2D eigenvalue weighted by Crippen LogP contribution is 2.34. The van der Waals surface area contributed by atoms with Crippen molar-refractivity contribution in [2.75, 3.05) is 56.9 Å². The minimum Gasteiger partial charge on any atom is -0.373 e. The van der Waals surface area contributed by atoms with Gasteiger partial charge in [-0.15, -0.1) is 0 Å². The van der Waals surface area contributed by atoms with E-state index in [1.165, 1.54) is 0 Å². The van der Waals surface area contributed by atoms with E-state index in [4.69, 9.17) is 0 Å². The standard InChI is InChI=1S/C31H38F3N7O/c1-4-39-9-11-40(12-10-39)19-23-6-5-22(13-27(23)31(32,33)34)14-29(42)41-18-21(2)30-24(20-41)15-26(17-37-30)38-25-7-8-36-28(16-25)35-3/h5-8,13,15-17,21H,4,9-12,14,18-20H2,1-3H3,(H2,35,36,38). The van der Waals surface area contributed by atoms with Crippen LogP contribution in [0, 0.1) is 0 Å². The van der Waals surface area contributed by atoms with Crippen molar-refractivity contribution in [3.05, 3.63) is 76.7 Å². The summed E-state index contributed by atoms with van der Waals surface area (Å²) in [6.45, 7) is 9.32. The van der Waals surface area contributed by atoms with Gasteiger partial charge in [-0.05, 0) is 41.4 Å². The Morgan fingerprint density at radius 3 is 2.50 bits per heavy atom. The van der Waals surface area contributed by atoms with Crippen LogP contribution in [0.4, 0.5) is 30.4 Å². The molecular formula is C31H38F3N7O. The summed E-state index contributed by atoms with van der Waals surface area (Å²) >= 11 is 0. The second kappa shape index (κ2) is 12.7. The van der Waals surface area contributed by atoms with Gasteiger partial charge in [0.15, 0.2) is 0 Å². The number of carbonyl (C=O) groups excluding carboxylic acids is 1. The smallest absolute Gasteiger partial charge is 0.373 e. The summed E-state index contributed by atoms with van der Waals surface area (Å²) in [5, 5.41) is 6.34. The Balaban J connectivity index is 1.28. The van der Waals surface area contributed by atoms with Crippen molar-refractivity contribution in [3.63, 3.8) is 0 Å². The number of aromatic nitrogens is 2. The zero-order valence-electron chi connectivity index (χ0n) is 24.3. The van der Waals surface area contributed by atoms with Crippen molar-refractivity contribution in [1.29, 1.82) is 0 Å². The number of nitrogens with one attached hydrogen (secondary N) is 2. The average molecular weight is 582 g/mol. The summed E-state index contributed by atoms with van der Waals surface area (Å²) in [7, 11) is 1.80. The van der Waals surface area contributed by atoms with Gasteiger partial charge in [-0.1, -0.05) is 26.0 Å². The molecule has 1 fully saturated rings. The summed E-state index contributed by atoms with van der Waals surface area (Å²) in [6, 6.07) is 10.1. The lowest BCUT2D eigenvalue weighted by Crippen LogP contribution is -2.45. The minimum atomic E-state index is -4.49. The first-order valence-electron chi connectivity index (χ1n) is 14.4. The summed E-state index contributed by atoms with van der Waals surface area (Å²) in [6.07, 6.45) is -1.10. The molecule has 0 saturated carbocycles. The number of rotatable bonds is 8. The molecular weight excluding hydrogens is 543 g/mol. The Hall–Kier alpha value is -3.70. The van der Waals surface area contributed by atoms with E-state index in [9.17, 15) is 18.0 Å². The van der Waals surface area contributed by atoms with Crippen molar-refractivity contribution < 1.29 is 18.0 Å². The summed E-state index contributed by atoms with van der Waals surface area (Å²) in [5.41, 5.74) is 3.46. The molecule has 1 unspecified atom stereocenters. The van der Waals surface area contributed by atoms with Crippen LogP contribution in [-0.2, 0) is 30.5 Å². The third-order valence-corrected chi connectivity index (χ3v) is 8.12. The second-order valence-electron chi connectivity index (χ2n) is 11.1. The lowest BCUT2D eigenvalue weighted by Gasteiger charge is -2.34. The van der Waals surface area contributed by atoms with Gasteiger partial charge in [-0.25, -0.2) is 4.98 Å². The molecule has 0 aliphatic carbocycles. The lowest BCUT2D eigenvalue weighted by molar-refractivity contribution is -0.138. The number of nitrogens with zero attached hydrogens (tertiary/aromatic N) is 5. The molecule has 0 bridgehead atoms. The van der Waals surface area contributed by atoms with Gasteiger partial charge >= 0.3 is 6.18 Å². The van der Waals surface area contributed by atoms with Gasteiger partial charge in [0.05, 0.1) is 29.6 Å². The lowest BCUT2D eigenvalue weighted by atomic mass is 9.95. The highest BCUT2D eigenvalue weighted by atomic mass is 19.4. The first kappa shape index (κ1) is 29.8. The molecule has 42 heavy (non-hydrogen) atoms. The van der Waals surface area contributed by atoms with Gasteiger partial charge in [0, 0.05) is 76.7 Å². The van der Waals surface area contributed by atoms with E-state index < -0.39 is 11.7 Å². The molecule has 2 aliphatic heterocycles. The van der Waals surface area contributed by atoms with Crippen LogP contribution >= 0.6 is 0 Å². The van der Waals surface area contributed by atoms with Crippen molar-refractivity contribution in [3.8, 4) is 0 Å². The fraction of sp³-hybridized carbons (Fsp3) is 0.452.